The number of likely N-dealkylation sites (N-methyl/N-ethyl adjacent to an activating group) is 1. The van der Waals surface area contributed by atoms with E-state index in [1.165, 1.54) is 7.11 Å². The molecule has 5 rings (SSSR count). The lowest BCUT2D eigenvalue weighted by Gasteiger charge is -2.38. The van der Waals surface area contributed by atoms with Gasteiger partial charge in [0.1, 0.15) is 18.3 Å². The third-order valence-electron chi connectivity index (χ3n) is 6.16. The van der Waals surface area contributed by atoms with Gasteiger partial charge in [-0.2, -0.15) is 0 Å². The van der Waals surface area contributed by atoms with E-state index in [0.29, 0.717) is 39.9 Å². The maximum absolute atomic E-state index is 13.0. The fraction of sp³-hybridized carbons (Fsp3) is 0.375. The second-order valence-corrected chi connectivity index (χ2v) is 7.77. The van der Waals surface area contributed by atoms with Crippen molar-refractivity contribution in [1.29, 1.82) is 0 Å². The van der Waals surface area contributed by atoms with E-state index in [-0.39, 0.29) is 19.4 Å². The third-order valence-corrected chi connectivity index (χ3v) is 6.16. The summed E-state index contributed by atoms with van der Waals surface area (Å²) < 4.78 is 34.1. The number of ether oxygens (including phenoxy) is 6. The van der Waals surface area contributed by atoms with Crippen LogP contribution in [0.3, 0.4) is 0 Å². The minimum atomic E-state index is -0.574. The molecule has 3 aliphatic heterocycles. The van der Waals surface area contributed by atoms with Crippen LogP contribution in [0.5, 0.6) is 28.7 Å². The largest absolute Gasteiger partial charge is 0.493 e. The molecule has 0 aromatic heterocycles. The lowest BCUT2D eigenvalue weighted by molar-refractivity contribution is 0.00873. The molecule has 0 bridgehead atoms. The number of carbonyl (C=O) groups excluding carboxylic acids is 1. The average molecular weight is 437 g/mol. The Bertz CT molecular complexity index is 1140. The summed E-state index contributed by atoms with van der Waals surface area (Å²) >= 11 is 0. The summed E-state index contributed by atoms with van der Waals surface area (Å²) in [5.74, 6) is 4.52. The van der Waals surface area contributed by atoms with E-state index in [2.05, 4.69) is 10.8 Å². The summed E-state index contributed by atoms with van der Waals surface area (Å²) in [6, 6.07) is 5.31. The number of terminal acetylenes is 1. The Labute approximate surface area is 185 Å². The molecule has 0 amide bonds. The predicted octanol–water partition coefficient (Wildman–Crippen LogP) is 2.89. The minimum Gasteiger partial charge on any atom is -0.493 e. The predicted molar refractivity (Wildman–Crippen MR) is 114 cm³/mol. The number of fused-ring (bicyclic) bond motifs is 3. The highest BCUT2D eigenvalue weighted by atomic mass is 16.7. The number of nitrogens with zero attached hydrogens (tertiary/aromatic N) is 1. The molecule has 0 saturated carbocycles. The first-order valence-corrected chi connectivity index (χ1v) is 10.3. The number of carbonyl (C=O) groups is 1. The van der Waals surface area contributed by atoms with Crippen LogP contribution in [0.4, 0.5) is 0 Å². The number of cyclic esters (lactones) is 1. The van der Waals surface area contributed by atoms with E-state index in [1.807, 2.05) is 19.2 Å². The molecule has 8 nitrogen and oxygen atoms in total. The maximum Gasteiger partial charge on any atom is 0.343 e. The van der Waals surface area contributed by atoms with Crippen LogP contribution in [-0.2, 0) is 11.2 Å². The summed E-state index contributed by atoms with van der Waals surface area (Å²) in [5, 5.41) is 0. The quantitative estimate of drug-likeness (QED) is 0.522. The van der Waals surface area contributed by atoms with E-state index in [0.717, 1.165) is 24.1 Å². The summed E-state index contributed by atoms with van der Waals surface area (Å²) in [5.41, 5.74) is 3.06. The monoisotopic (exact) mass is 437 g/mol. The highest BCUT2D eigenvalue weighted by Gasteiger charge is 2.46. The molecule has 3 heterocycles. The number of methoxy groups -OCH3 is 2. The Morgan fingerprint density at radius 1 is 1.22 bits per heavy atom. The Kier molecular flexibility index (Phi) is 4.98. The zero-order chi connectivity index (χ0) is 22.4. The zero-order valence-electron chi connectivity index (χ0n) is 18.1. The molecule has 0 spiro atoms. The van der Waals surface area contributed by atoms with Crippen LogP contribution >= 0.6 is 0 Å². The maximum atomic E-state index is 13.0. The van der Waals surface area contributed by atoms with Gasteiger partial charge in [0.05, 0.1) is 20.3 Å². The second kappa shape index (κ2) is 7.84. The first-order valence-electron chi connectivity index (χ1n) is 10.3. The second-order valence-electron chi connectivity index (χ2n) is 7.77. The molecule has 0 aliphatic carbocycles. The lowest BCUT2D eigenvalue weighted by Crippen LogP contribution is -2.36. The summed E-state index contributed by atoms with van der Waals surface area (Å²) in [6.45, 7) is 0.931. The van der Waals surface area contributed by atoms with Gasteiger partial charge in [0, 0.05) is 17.7 Å². The van der Waals surface area contributed by atoms with E-state index in [4.69, 9.17) is 34.8 Å². The van der Waals surface area contributed by atoms with Crippen LogP contribution in [0, 0.1) is 12.3 Å². The smallest absolute Gasteiger partial charge is 0.343 e. The van der Waals surface area contributed by atoms with Crippen molar-refractivity contribution in [2.24, 2.45) is 0 Å². The fourth-order valence-electron chi connectivity index (χ4n) is 4.77. The third kappa shape index (κ3) is 2.93. The van der Waals surface area contributed by atoms with Crippen LogP contribution in [0.2, 0.25) is 0 Å². The molecule has 0 N–H and O–H groups in total. The molecule has 2 atom stereocenters. The van der Waals surface area contributed by atoms with Crippen molar-refractivity contribution in [2.45, 2.75) is 18.6 Å². The van der Waals surface area contributed by atoms with Gasteiger partial charge in [0.2, 0.25) is 12.5 Å². The average Bonchev–Trinajstić information content (AvgIpc) is 3.40. The highest BCUT2D eigenvalue weighted by Crippen LogP contribution is 2.55. The molecule has 32 heavy (non-hydrogen) atoms. The van der Waals surface area contributed by atoms with Gasteiger partial charge in [-0.15, -0.1) is 6.42 Å². The van der Waals surface area contributed by atoms with Crippen LogP contribution < -0.4 is 23.7 Å². The Morgan fingerprint density at radius 3 is 2.81 bits per heavy atom. The van der Waals surface area contributed by atoms with Crippen molar-refractivity contribution in [3.05, 3.63) is 40.5 Å². The van der Waals surface area contributed by atoms with Crippen molar-refractivity contribution >= 4 is 5.97 Å². The lowest BCUT2D eigenvalue weighted by atomic mass is 9.85. The molecular formula is C24H23NO7. The van der Waals surface area contributed by atoms with E-state index in [9.17, 15) is 4.79 Å². The first-order chi connectivity index (χ1) is 15.6. The topological polar surface area (TPSA) is 75.7 Å². The molecule has 8 heteroatoms. The molecule has 0 unspecified atom stereocenters. The molecule has 0 radical (unpaired) electrons. The minimum absolute atomic E-state index is 0.00816. The van der Waals surface area contributed by atoms with Gasteiger partial charge in [0.25, 0.3) is 0 Å². The molecule has 0 fully saturated rings. The van der Waals surface area contributed by atoms with E-state index >= 15 is 0 Å². The van der Waals surface area contributed by atoms with Gasteiger partial charge < -0.3 is 28.4 Å². The molecule has 2 aromatic carbocycles. The first kappa shape index (κ1) is 20.3. The number of hydrogen-bond donors (Lipinski definition) is 0. The van der Waals surface area contributed by atoms with Crippen molar-refractivity contribution in [3.63, 3.8) is 0 Å². The Hall–Kier alpha value is -3.57. The molecule has 2 aromatic rings. The van der Waals surface area contributed by atoms with E-state index in [1.54, 1.807) is 13.2 Å². The van der Waals surface area contributed by atoms with Crippen LogP contribution in [0.15, 0.2) is 18.2 Å². The summed E-state index contributed by atoms with van der Waals surface area (Å²) in [4.78, 5) is 15.2. The normalized spacial score (nSPS) is 20.8. The molecule has 166 valence electrons. The fourth-order valence-corrected chi connectivity index (χ4v) is 4.77. The van der Waals surface area contributed by atoms with Crippen LogP contribution in [0.25, 0.3) is 0 Å². The van der Waals surface area contributed by atoms with Gasteiger partial charge >= 0.3 is 5.97 Å². The zero-order valence-corrected chi connectivity index (χ0v) is 18.1. The van der Waals surface area contributed by atoms with Crippen molar-refractivity contribution in [3.8, 4) is 41.1 Å². The highest BCUT2D eigenvalue weighted by molar-refractivity contribution is 5.98. The summed E-state index contributed by atoms with van der Waals surface area (Å²) in [7, 11) is 5.12. The molecule has 0 saturated heterocycles. The van der Waals surface area contributed by atoms with Gasteiger partial charge in [0.15, 0.2) is 23.0 Å². The molecule has 3 aliphatic rings. The van der Waals surface area contributed by atoms with Crippen LogP contribution in [0.1, 0.15) is 39.2 Å². The number of esters is 1. The van der Waals surface area contributed by atoms with Crippen molar-refractivity contribution < 1.29 is 33.2 Å². The number of rotatable bonds is 5. The Morgan fingerprint density at radius 2 is 2.06 bits per heavy atom. The van der Waals surface area contributed by atoms with Gasteiger partial charge in [-0.25, -0.2) is 4.79 Å². The standard InChI is InChI=1S/C24H23NO7/c1-5-10-29-21-15(27-3)7-6-14-18(21)24(26)32-20(14)19-17-13(8-9-25(19)2)11-16-22(23(17)28-4)31-12-30-16/h1,6-7,11,19-20H,8-10,12H2,2-4H3/t19-,20+/m0/s1. The number of hydrogen-bond acceptors (Lipinski definition) is 8. The van der Waals surface area contributed by atoms with E-state index < -0.39 is 12.1 Å². The Balaban J connectivity index is 1.66. The SMILES string of the molecule is C#CCOc1c(OC)ccc2c1C(=O)O[C@H]2[C@@H]1c2c(cc3c(c2OC)OCO3)CCN1C. The number of benzene rings is 2. The van der Waals surface area contributed by atoms with Gasteiger partial charge in [-0.3, -0.25) is 4.90 Å². The van der Waals surface area contributed by atoms with Gasteiger partial charge in [-0.1, -0.05) is 12.0 Å². The molecular weight excluding hydrogens is 414 g/mol. The summed E-state index contributed by atoms with van der Waals surface area (Å²) in [6.07, 6.45) is 5.60. The van der Waals surface area contributed by atoms with Crippen molar-refractivity contribution in [2.75, 3.05) is 41.2 Å². The van der Waals surface area contributed by atoms with Crippen LogP contribution in [-0.4, -0.2) is 52.1 Å². The van der Waals surface area contributed by atoms with Crippen molar-refractivity contribution in [1.82, 2.24) is 4.90 Å². The van der Waals surface area contributed by atoms with Gasteiger partial charge in [-0.05, 0) is 31.2 Å².